The van der Waals surface area contributed by atoms with Crippen molar-refractivity contribution in [1.82, 2.24) is 0 Å². The van der Waals surface area contributed by atoms with Crippen molar-refractivity contribution in [2.75, 3.05) is 0 Å². The first-order chi connectivity index (χ1) is 7.36. The van der Waals surface area contributed by atoms with Crippen LogP contribution in [0, 0.1) is 0 Å². The Hall–Kier alpha value is -2.16. The van der Waals surface area contributed by atoms with Gasteiger partial charge in [0, 0.05) is 18.0 Å². The highest BCUT2D eigenvalue weighted by molar-refractivity contribution is 6.04. The first-order valence-corrected chi connectivity index (χ1v) is 4.59. The van der Waals surface area contributed by atoms with E-state index >= 15 is 0 Å². The summed E-state index contributed by atoms with van der Waals surface area (Å²) in [6, 6.07) is 6.87. The third kappa shape index (κ3) is 2.40. The van der Waals surface area contributed by atoms with E-state index in [1.165, 1.54) is 0 Å². The van der Waals surface area contributed by atoms with Crippen LogP contribution in [0.1, 0.15) is 5.56 Å². The van der Waals surface area contributed by atoms with Crippen LogP contribution in [0.2, 0.25) is 0 Å². The molecule has 1 heterocycles. The van der Waals surface area contributed by atoms with Crippen molar-refractivity contribution in [2.45, 2.75) is 0 Å². The van der Waals surface area contributed by atoms with Crippen LogP contribution in [-0.4, -0.2) is 17.2 Å². The average molecular weight is 198 g/mol. The Kier molecular flexibility index (Phi) is 2.74. The maximum Gasteiger partial charge on any atom is 0.159 e. The van der Waals surface area contributed by atoms with Crippen molar-refractivity contribution < 1.29 is 5.11 Å². The van der Waals surface area contributed by atoms with Gasteiger partial charge in [-0.2, -0.15) is 0 Å². The Balaban J connectivity index is 2.38. The highest BCUT2D eigenvalue weighted by atomic mass is 16.3. The maximum absolute atomic E-state index is 9.33. The Labute approximate surface area is 87.8 Å². The predicted octanol–water partition coefficient (Wildman–Crippen LogP) is 2.29. The van der Waals surface area contributed by atoms with Crippen molar-refractivity contribution in [3.63, 3.8) is 0 Å². The van der Waals surface area contributed by atoms with Crippen LogP contribution in [0.15, 0.2) is 58.7 Å². The van der Waals surface area contributed by atoms with Gasteiger partial charge >= 0.3 is 0 Å². The molecule has 0 aliphatic carbocycles. The van der Waals surface area contributed by atoms with Crippen LogP contribution < -0.4 is 0 Å². The van der Waals surface area contributed by atoms with E-state index in [1.807, 2.05) is 24.3 Å². The second-order valence-corrected chi connectivity index (χ2v) is 3.01. The molecule has 2 rings (SSSR count). The van der Waals surface area contributed by atoms with Gasteiger partial charge in [0.15, 0.2) is 5.84 Å². The van der Waals surface area contributed by atoms with Crippen LogP contribution in [0.25, 0.3) is 0 Å². The molecule has 0 radical (unpaired) electrons. The molecule has 0 unspecified atom stereocenters. The van der Waals surface area contributed by atoms with Crippen molar-refractivity contribution in [3.05, 3.63) is 54.3 Å². The van der Waals surface area contributed by atoms with E-state index in [0.717, 1.165) is 5.56 Å². The Bertz CT molecular complexity index is 470. The molecular formula is C12H10N2O. The molecule has 74 valence electrons. The predicted molar refractivity (Wildman–Crippen MR) is 61.4 cm³/mol. The van der Waals surface area contributed by atoms with Crippen molar-refractivity contribution in [1.29, 1.82) is 0 Å². The third-order valence-corrected chi connectivity index (χ3v) is 1.89. The van der Waals surface area contributed by atoms with Crippen LogP contribution in [0.5, 0.6) is 5.75 Å². The zero-order chi connectivity index (χ0) is 10.5. The van der Waals surface area contributed by atoms with Crippen LogP contribution >= 0.6 is 0 Å². The minimum atomic E-state index is 0.215. The van der Waals surface area contributed by atoms with E-state index in [4.69, 9.17) is 0 Å². The lowest BCUT2D eigenvalue weighted by Gasteiger charge is -2.00. The normalized spacial score (nSPS) is 14.5. The molecule has 3 nitrogen and oxygen atoms in total. The first-order valence-electron chi connectivity index (χ1n) is 4.59. The molecule has 1 aliphatic rings. The monoisotopic (exact) mass is 198 g/mol. The van der Waals surface area contributed by atoms with Crippen molar-refractivity contribution in [3.8, 4) is 5.75 Å². The van der Waals surface area contributed by atoms with Crippen LogP contribution in [0.4, 0.5) is 0 Å². The molecule has 0 saturated carbocycles. The molecule has 1 aromatic rings. The highest BCUT2D eigenvalue weighted by Gasteiger charge is 2.01. The number of aromatic hydroxyl groups is 1. The summed E-state index contributed by atoms with van der Waals surface area (Å²) in [5.74, 6) is 0.804. The Morgan fingerprint density at radius 3 is 2.87 bits per heavy atom. The molecule has 0 amide bonds. The molecule has 0 fully saturated rings. The van der Waals surface area contributed by atoms with Gasteiger partial charge in [-0.05, 0) is 24.3 Å². The summed E-state index contributed by atoms with van der Waals surface area (Å²) in [6.07, 6.45) is 8.85. The summed E-state index contributed by atoms with van der Waals surface area (Å²) < 4.78 is 0. The fourth-order valence-corrected chi connectivity index (χ4v) is 1.22. The molecule has 15 heavy (non-hydrogen) atoms. The summed E-state index contributed by atoms with van der Waals surface area (Å²) in [7, 11) is 0. The number of allylic oxidation sites excluding steroid dienone is 3. The van der Waals surface area contributed by atoms with Gasteiger partial charge in [-0.15, -0.1) is 0 Å². The summed E-state index contributed by atoms with van der Waals surface area (Å²) in [6.45, 7) is 0. The van der Waals surface area contributed by atoms with Crippen LogP contribution in [-0.2, 0) is 0 Å². The Morgan fingerprint density at radius 2 is 2.00 bits per heavy atom. The molecule has 1 aromatic carbocycles. The second kappa shape index (κ2) is 4.37. The van der Waals surface area contributed by atoms with E-state index in [2.05, 4.69) is 9.98 Å². The van der Waals surface area contributed by atoms with Crippen molar-refractivity contribution >= 4 is 12.1 Å². The van der Waals surface area contributed by atoms with E-state index in [1.54, 1.807) is 30.6 Å². The van der Waals surface area contributed by atoms with E-state index in [0.29, 0.717) is 5.84 Å². The summed E-state index contributed by atoms with van der Waals surface area (Å²) >= 11 is 0. The number of benzene rings is 1. The summed E-state index contributed by atoms with van der Waals surface area (Å²) in [5, 5.41) is 9.33. The quantitative estimate of drug-likeness (QED) is 0.739. The molecule has 0 aromatic heterocycles. The maximum atomic E-state index is 9.33. The standard InChI is InChI=1S/C12H10N2O/c15-11-6-4-5-10(9-11)12-13-7-2-1-3-8-14-12/h1-9,15H. The highest BCUT2D eigenvalue weighted by Crippen LogP contribution is 2.12. The fourth-order valence-electron chi connectivity index (χ4n) is 1.22. The largest absolute Gasteiger partial charge is 0.508 e. The van der Waals surface area contributed by atoms with Gasteiger partial charge in [-0.1, -0.05) is 18.2 Å². The van der Waals surface area contributed by atoms with Gasteiger partial charge < -0.3 is 5.11 Å². The van der Waals surface area contributed by atoms with Gasteiger partial charge in [0.2, 0.25) is 0 Å². The molecule has 0 saturated heterocycles. The molecule has 3 heteroatoms. The summed E-state index contributed by atoms with van der Waals surface area (Å²) in [4.78, 5) is 8.34. The number of nitrogens with zero attached hydrogens (tertiary/aromatic N) is 2. The first kappa shape index (κ1) is 9.40. The van der Waals surface area contributed by atoms with Gasteiger partial charge in [0.25, 0.3) is 0 Å². The number of aliphatic imine (C=N–C) groups is 2. The molecule has 0 atom stereocenters. The summed E-state index contributed by atoms with van der Waals surface area (Å²) in [5.41, 5.74) is 0.797. The number of hydrogen-bond acceptors (Lipinski definition) is 3. The lowest BCUT2D eigenvalue weighted by atomic mass is 10.2. The van der Waals surface area contributed by atoms with Gasteiger partial charge in [0.1, 0.15) is 5.75 Å². The average Bonchev–Trinajstić information content (AvgIpc) is 2.16. The lowest BCUT2D eigenvalue weighted by Crippen LogP contribution is -1.96. The SMILES string of the molecule is Oc1cccc(C2=NC=CC=CC=N2)c1. The third-order valence-electron chi connectivity index (χ3n) is 1.89. The molecule has 1 N–H and O–H groups in total. The zero-order valence-corrected chi connectivity index (χ0v) is 8.04. The number of hydrogen-bond donors (Lipinski definition) is 1. The minimum Gasteiger partial charge on any atom is -0.508 e. The van der Waals surface area contributed by atoms with E-state index < -0.39 is 0 Å². The van der Waals surface area contributed by atoms with Gasteiger partial charge in [0.05, 0.1) is 0 Å². The molecule has 1 aliphatic heterocycles. The van der Waals surface area contributed by atoms with E-state index in [9.17, 15) is 5.11 Å². The fraction of sp³-hybridized carbons (Fsp3) is 0. The van der Waals surface area contributed by atoms with Crippen molar-refractivity contribution in [2.24, 2.45) is 9.98 Å². The minimum absolute atomic E-state index is 0.215. The zero-order valence-electron chi connectivity index (χ0n) is 8.04. The topological polar surface area (TPSA) is 45.0 Å². The number of phenolic OH excluding ortho intramolecular Hbond substituents is 1. The lowest BCUT2D eigenvalue weighted by molar-refractivity contribution is 0.475. The van der Waals surface area contributed by atoms with E-state index in [-0.39, 0.29) is 5.75 Å². The smallest absolute Gasteiger partial charge is 0.159 e. The molecular weight excluding hydrogens is 188 g/mol. The number of rotatable bonds is 1. The molecule has 0 bridgehead atoms. The number of phenols is 1. The second-order valence-electron chi connectivity index (χ2n) is 3.01. The van der Waals surface area contributed by atoms with Crippen LogP contribution in [0.3, 0.4) is 0 Å². The van der Waals surface area contributed by atoms with Gasteiger partial charge in [-0.3, -0.25) is 0 Å². The number of amidine groups is 1. The van der Waals surface area contributed by atoms with Gasteiger partial charge in [-0.25, -0.2) is 9.98 Å². The molecule has 0 spiro atoms. The Morgan fingerprint density at radius 1 is 1.07 bits per heavy atom.